The smallest absolute Gasteiger partial charge is 0.0695 e. The van der Waals surface area contributed by atoms with Crippen LogP contribution in [0.2, 0.25) is 0 Å². The number of rotatable bonds is 4. The maximum Gasteiger partial charge on any atom is 0.0695 e. The van der Waals surface area contributed by atoms with E-state index in [0.717, 1.165) is 32.6 Å². The summed E-state index contributed by atoms with van der Waals surface area (Å²) in [6.45, 7) is 6.80. The lowest BCUT2D eigenvalue weighted by atomic mass is 9.91. The molecule has 0 aromatic heterocycles. The summed E-state index contributed by atoms with van der Waals surface area (Å²) in [5, 5.41) is 13.4. The molecule has 2 atom stereocenters. The predicted molar refractivity (Wildman–Crippen MR) is 70.2 cm³/mol. The zero-order valence-electron chi connectivity index (χ0n) is 11.1. The molecule has 1 saturated carbocycles. The van der Waals surface area contributed by atoms with Gasteiger partial charge in [-0.2, -0.15) is 0 Å². The number of hydrogen-bond acceptors (Lipinski definition) is 4. The zero-order valence-corrected chi connectivity index (χ0v) is 11.1. The first kappa shape index (κ1) is 13.3. The molecule has 100 valence electrons. The second-order valence-corrected chi connectivity index (χ2v) is 5.49. The topological polar surface area (TPSA) is 38.7 Å². The molecular formula is C13H27N3O. The monoisotopic (exact) mass is 241 g/mol. The third-order valence-corrected chi connectivity index (χ3v) is 4.24. The Hall–Kier alpha value is -0.160. The van der Waals surface area contributed by atoms with Gasteiger partial charge in [0.05, 0.1) is 6.10 Å². The highest BCUT2D eigenvalue weighted by Crippen LogP contribution is 2.22. The summed E-state index contributed by atoms with van der Waals surface area (Å²) >= 11 is 0. The Bertz CT molecular complexity index is 219. The van der Waals surface area contributed by atoms with E-state index < -0.39 is 0 Å². The standard InChI is InChI=1S/C13H27N3O/c1-15(12-4-2-3-5-13(12)17)10-11-16-8-6-14-7-9-16/h12-14,17H,2-11H2,1H3. The average molecular weight is 241 g/mol. The molecular weight excluding hydrogens is 214 g/mol. The summed E-state index contributed by atoms with van der Waals surface area (Å²) in [6, 6.07) is 0.395. The maximum absolute atomic E-state index is 10.0. The van der Waals surface area contributed by atoms with Crippen LogP contribution in [0.25, 0.3) is 0 Å². The SMILES string of the molecule is CN(CCN1CCNCC1)C1CCCCC1O. The molecule has 0 aromatic rings. The van der Waals surface area contributed by atoms with Crippen LogP contribution in [0.3, 0.4) is 0 Å². The van der Waals surface area contributed by atoms with Crippen molar-refractivity contribution in [2.45, 2.75) is 37.8 Å². The normalized spacial score (nSPS) is 31.9. The van der Waals surface area contributed by atoms with Gasteiger partial charge < -0.3 is 10.4 Å². The van der Waals surface area contributed by atoms with Gasteiger partial charge >= 0.3 is 0 Å². The van der Waals surface area contributed by atoms with Crippen molar-refractivity contribution in [3.05, 3.63) is 0 Å². The summed E-state index contributed by atoms with van der Waals surface area (Å²) in [5.41, 5.74) is 0. The molecule has 4 heteroatoms. The van der Waals surface area contributed by atoms with Crippen LogP contribution >= 0.6 is 0 Å². The molecule has 1 heterocycles. The Morgan fingerprint density at radius 2 is 1.94 bits per heavy atom. The Morgan fingerprint density at radius 1 is 1.24 bits per heavy atom. The van der Waals surface area contributed by atoms with E-state index in [0.29, 0.717) is 6.04 Å². The van der Waals surface area contributed by atoms with Crippen LogP contribution in [0.5, 0.6) is 0 Å². The number of aliphatic hydroxyl groups excluding tert-OH is 1. The fourth-order valence-corrected chi connectivity index (χ4v) is 3.01. The third-order valence-electron chi connectivity index (χ3n) is 4.24. The molecule has 2 rings (SSSR count). The van der Waals surface area contributed by atoms with Crippen molar-refractivity contribution in [1.82, 2.24) is 15.1 Å². The molecule has 4 nitrogen and oxygen atoms in total. The van der Waals surface area contributed by atoms with Gasteiger partial charge in [0.15, 0.2) is 0 Å². The second-order valence-electron chi connectivity index (χ2n) is 5.49. The fourth-order valence-electron chi connectivity index (χ4n) is 3.01. The van der Waals surface area contributed by atoms with Crippen molar-refractivity contribution in [1.29, 1.82) is 0 Å². The van der Waals surface area contributed by atoms with Crippen LogP contribution in [-0.4, -0.2) is 73.4 Å². The lowest BCUT2D eigenvalue weighted by Gasteiger charge is -2.37. The van der Waals surface area contributed by atoms with Crippen molar-refractivity contribution in [2.75, 3.05) is 46.3 Å². The summed E-state index contributed by atoms with van der Waals surface area (Å²) in [6.07, 6.45) is 4.53. The van der Waals surface area contributed by atoms with Gasteiger partial charge in [-0.25, -0.2) is 0 Å². The molecule has 2 aliphatic rings. The van der Waals surface area contributed by atoms with E-state index in [1.807, 2.05) is 0 Å². The minimum absolute atomic E-state index is 0.100. The van der Waals surface area contributed by atoms with E-state index >= 15 is 0 Å². The molecule has 2 unspecified atom stereocenters. The van der Waals surface area contributed by atoms with Gasteiger partial charge in [-0.05, 0) is 19.9 Å². The number of likely N-dealkylation sites (N-methyl/N-ethyl adjacent to an activating group) is 1. The van der Waals surface area contributed by atoms with Gasteiger partial charge in [-0.1, -0.05) is 12.8 Å². The molecule has 0 aromatic carbocycles. The second kappa shape index (κ2) is 6.69. The van der Waals surface area contributed by atoms with E-state index in [1.165, 1.54) is 32.4 Å². The third kappa shape index (κ3) is 3.91. The van der Waals surface area contributed by atoms with Crippen LogP contribution in [0.4, 0.5) is 0 Å². The van der Waals surface area contributed by atoms with Gasteiger partial charge in [0.1, 0.15) is 0 Å². The van der Waals surface area contributed by atoms with Gasteiger partial charge in [-0.3, -0.25) is 9.80 Å². The lowest BCUT2D eigenvalue weighted by molar-refractivity contribution is 0.0277. The Kier molecular flexibility index (Phi) is 5.22. The van der Waals surface area contributed by atoms with Crippen molar-refractivity contribution >= 4 is 0 Å². The van der Waals surface area contributed by atoms with Gasteiger partial charge in [0.2, 0.25) is 0 Å². The summed E-state index contributed by atoms with van der Waals surface area (Å²) < 4.78 is 0. The highest BCUT2D eigenvalue weighted by molar-refractivity contribution is 4.82. The van der Waals surface area contributed by atoms with E-state index in [1.54, 1.807) is 0 Å². The van der Waals surface area contributed by atoms with Crippen LogP contribution in [0, 0.1) is 0 Å². The minimum Gasteiger partial charge on any atom is -0.391 e. The fraction of sp³-hybridized carbons (Fsp3) is 1.00. The Morgan fingerprint density at radius 3 is 2.65 bits per heavy atom. The molecule has 0 radical (unpaired) electrons. The van der Waals surface area contributed by atoms with Crippen molar-refractivity contribution in [3.8, 4) is 0 Å². The number of piperazine rings is 1. The summed E-state index contributed by atoms with van der Waals surface area (Å²) in [7, 11) is 2.17. The highest BCUT2D eigenvalue weighted by Gasteiger charge is 2.26. The van der Waals surface area contributed by atoms with Gasteiger partial charge in [0.25, 0.3) is 0 Å². The molecule has 1 aliphatic carbocycles. The largest absolute Gasteiger partial charge is 0.391 e. The first-order chi connectivity index (χ1) is 8.27. The summed E-state index contributed by atoms with van der Waals surface area (Å²) in [4.78, 5) is 4.88. The minimum atomic E-state index is -0.100. The van der Waals surface area contributed by atoms with Crippen LogP contribution in [0.1, 0.15) is 25.7 Å². The van der Waals surface area contributed by atoms with Crippen LogP contribution < -0.4 is 5.32 Å². The van der Waals surface area contributed by atoms with Crippen LogP contribution in [0.15, 0.2) is 0 Å². The van der Waals surface area contributed by atoms with Gasteiger partial charge in [0, 0.05) is 45.3 Å². The molecule has 0 bridgehead atoms. The van der Waals surface area contributed by atoms with Crippen molar-refractivity contribution in [2.24, 2.45) is 0 Å². The predicted octanol–water partition coefficient (Wildman–Crippen LogP) is 0.127. The molecule has 2 fully saturated rings. The van der Waals surface area contributed by atoms with E-state index in [-0.39, 0.29) is 6.10 Å². The maximum atomic E-state index is 10.0. The quantitative estimate of drug-likeness (QED) is 0.734. The molecule has 1 saturated heterocycles. The van der Waals surface area contributed by atoms with E-state index in [2.05, 4.69) is 22.2 Å². The van der Waals surface area contributed by atoms with Gasteiger partial charge in [-0.15, -0.1) is 0 Å². The molecule has 0 amide bonds. The number of nitrogens with zero attached hydrogens (tertiary/aromatic N) is 2. The molecule has 1 aliphatic heterocycles. The first-order valence-electron chi connectivity index (χ1n) is 7.09. The first-order valence-corrected chi connectivity index (χ1v) is 7.09. The molecule has 0 spiro atoms. The lowest BCUT2D eigenvalue weighted by Crippen LogP contribution is -2.49. The highest BCUT2D eigenvalue weighted by atomic mass is 16.3. The number of aliphatic hydroxyl groups is 1. The number of nitrogens with one attached hydrogen (secondary N) is 1. The molecule has 2 N–H and O–H groups in total. The van der Waals surface area contributed by atoms with Crippen LogP contribution in [-0.2, 0) is 0 Å². The summed E-state index contributed by atoms with van der Waals surface area (Å²) in [5.74, 6) is 0. The Labute approximate surface area is 105 Å². The van der Waals surface area contributed by atoms with E-state index in [4.69, 9.17) is 0 Å². The van der Waals surface area contributed by atoms with E-state index in [9.17, 15) is 5.11 Å². The molecule has 17 heavy (non-hydrogen) atoms. The van der Waals surface area contributed by atoms with Crippen molar-refractivity contribution < 1.29 is 5.11 Å². The Balaban J connectivity index is 1.70. The van der Waals surface area contributed by atoms with Crippen molar-refractivity contribution in [3.63, 3.8) is 0 Å². The number of hydrogen-bond donors (Lipinski definition) is 2. The zero-order chi connectivity index (χ0) is 12.1. The average Bonchev–Trinajstić information content (AvgIpc) is 2.38.